The fraction of sp³-hybridized carbons (Fsp3) is 0.895. The molecule has 0 aromatic carbocycles. The second-order valence-corrected chi connectivity index (χ2v) is 7.35. The molecule has 0 aliphatic heterocycles. The van der Waals surface area contributed by atoms with E-state index >= 15 is 0 Å². The van der Waals surface area contributed by atoms with E-state index in [0.29, 0.717) is 51.7 Å². The van der Waals surface area contributed by atoms with Gasteiger partial charge in [0.2, 0.25) is 5.91 Å². The number of carbonyl (C=O) groups excluding carboxylic acids is 2. The van der Waals surface area contributed by atoms with Crippen LogP contribution in [0.15, 0.2) is 0 Å². The van der Waals surface area contributed by atoms with Crippen LogP contribution < -0.4 is 5.32 Å². The molecule has 3 aliphatic rings. The summed E-state index contributed by atoms with van der Waals surface area (Å²) in [6, 6.07) is 0. The Kier molecular flexibility index (Phi) is 7.84. The zero-order valence-electron chi connectivity index (χ0n) is 15.7. The molecule has 0 spiro atoms. The van der Waals surface area contributed by atoms with E-state index in [0.717, 1.165) is 38.5 Å². The summed E-state index contributed by atoms with van der Waals surface area (Å²) < 4.78 is 15.6. The Morgan fingerprint density at radius 3 is 2.00 bits per heavy atom. The van der Waals surface area contributed by atoms with Crippen molar-refractivity contribution in [3.05, 3.63) is 0 Å². The average molecular weight is 355 g/mol. The number of nitrogens with one attached hydrogen (secondary N) is 1. The molecular weight excluding hydrogens is 322 g/mol. The van der Waals surface area contributed by atoms with Crippen molar-refractivity contribution < 1.29 is 23.8 Å². The summed E-state index contributed by atoms with van der Waals surface area (Å²) in [5, 5.41) is 3.23. The van der Waals surface area contributed by atoms with E-state index in [9.17, 15) is 9.59 Å². The quantitative estimate of drug-likeness (QED) is 0.544. The predicted molar refractivity (Wildman–Crippen MR) is 94.4 cm³/mol. The van der Waals surface area contributed by atoms with Gasteiger partial charge in [-0.05, 0) is 38.5 Å². The lowest BCUT2D eigenvalue weighted by Gasteiger charge is -2.52. The zero-order valence-corrected chi connectivity index (χ0v) is 15.7. The molecule has 6 heteroatoms. The summed E-state index contributed by atoms with van der Waals surface area (Å²) >= 11 is 0. The standard InChI is InChI=1S/C19H33NO5/c1-3-16(21)18-5-8-19(9-6-18,10-7-18)20-17(22)4-11-24-14-15-25-13-12-23-2/h3-15H2,1-2H3,(H,20,22). The zero-order chi connectivity index (χ0) is 18.2. The molecule has 3 rings (SSSR count). The number of hydrogen-bond acceptors (Lipinski definition) is 5. The molecule has 2 bridgehead atoms. The molecular formula is C19H33NO5. The molecule has 1 N–H and O–H groups in total. The number of amides is 1. The van der Waals surface area contributed by atoms with Gasteiger partial charge in [-0.1, -0.05) is 6.92 Å². The van der Waals surface area contributed by atoms with E-state index in [4.69, 9.17) is 14.2 Å². The van der Waals surface area contributed by atoms with Crippen LogP contribution in [0, 0.1) is 5.41 Å². The van der Waals surface area contributed by atoms with Gasteiger partial charge in [0.25, 0.3) is 0 Å². The average Bonchev–Trinajstić information content (AvgIpc) is 2.64. The SMILES string of the molecule is CCC(=O)C12CCC(NC(=O)CCOCCOCCOC)(CC1)CC2. The lowest BCUT2D eigenvalue weighted by atomic mass is 9.55. The van der Waals surface area contributed by atoms with Gasteiger partial charge >= 0.3 is 0 Å². The maximum atomic E-state index is 12.2. The Morgan fingerprint density at radius 1 is 0.880 bits per heavy atom. The number of hydrogen-bond donors (Lipinski definition) is 1. The molecule has 3 fully saturated rings. The molecule has 25 heavy (non-hydrogen) atoms. The van der Waals surface area contributed by atoms with Gasteiger partial charge in [-0.15, -0.1) is 0 Å². The lowest BCUT2D eigenvalue weighted by molar-refractivity contribution is -0.137. The third-order valence-corrected chi connectivity index (χ3v) is 5.84. The highest BCUT2D eigenvalue weighted by Gasteiger charge is 2.51. The smallest absolute Gasteiger partial charge is 0.222 e. The molecule has 0 aromatic heterocycles. The first-order chi connectivity index (χ1) is 12.1. The second-order valence-electron chi connectivity index (χ2n) is 7.35. The van der Waals surface area contributed by atoms with Crippen LogP contribution in [0.25, 0.3) is 0 Å². The first kappa shape index (κ1) is 20.3. The van der Waals surface area contributed by atoms with Crippen LogP contribution in [0.1, 0.15) is 58.3 Å². The Bertz CT molecular complexity index is 427. The second kappa shape index (κ2) is 9.64. The van der Waals surface area contributed by atoms with Crippen molar-refractivity contribution in [2.75, 3.05) is 40.1 Å². The molecule has 0 atom stereocenters. The molecule has 0 radical (unpaired) electrons. The van der Waals surface area contributed by atoms with Gasteiger partial charge in [0.05, 0.1) is 33.0 Å². The van der Waals surface area contributed by atoms with E-state index < -0.39 is 0 Å². The van der Waals surface area contributed by atoms with Gasteiger partial charge in [-0.25, -0.2) is 0 Å². The van der Waals surface area contributed by atoms with Gasteiger partial charge in [0.15, 0.2) is 0 Å². The van der Waals surface area contributed by atoms with Gasteiger partial charge in [0, 0.05) is 30.9 Å². The van der Waals surface area contributed by atoms with Crippen LogP contribution in [0.5, 0.6) is 0 Å². The van der Waals surface area contributed by atoms with E-state index in [-0.39, 0.29) is 16.9 Å². The molecule has 0 aromatic rings. The van der Waals surface area contributed by atoms with Gasteiger partial charge in [0.1, 0.15) is 5.78 Å². The Balaban J connectivity index is 1.61. The van der Waals surface area contributed by atoms with Gasteiger partial charge in [-0.3, -0.25) is 9.59 Å². The van der Waals surface area contributed by atoms with Crippen LogP contribution in [0.3, 0.4) is 0 Å². The van der Waals surface area contributed by atoms with E-state index in [1.54, 1.807) is 7.11 Å². The first-order valence-electron chi connectivity index (χ1n) is 9.55. The van der Waals surface area contributed by atoms with E-state index in [2.05, 4.69) is 5.32 Å². The van der Waals surface area contributed by atoms with Crippen molar-refractivity contribution in [2.45, 2.75) is 63.8 Å². The van der Waals surface area contributed by atoms with Crippen LogP contribution in [-0.4, -0.2) is 57.4 Å². The Hall–Kier alpha value is -0.980. The van der Waals surface area contributed by atoms with Crippen LogP contribution in [-0.2, 0) is 23.8 Å². The van der Waals surface area contributed by atoms with E-state index in [1.165, 1.54) is 0 Å². The summed E-state index contributed by atoms with van der Waals surface area (Å²) in [6.07, 6.45) is 6.57. The van der Waals surface area contributed by atoms with Crippen molar-refractivity contribution in [1.82, 2.24) is 5.32 Å². The maximum Gasteiger partial charge on any atom is 0.222 e. The summed E-state index contributed by atoms with van der Waals surface area (Å²) in [7, 11) is 1.64. The topological polar surface area (TPSA) is 73.9 Å². The van der Waals surface area contributed by atoms with Crippen molar-refractivity contribution in [2.24, 2.45) is 5.41 Å². The number of methoxy groups -OCH3 is 1. The minimum Gasteiger partial charge on any atom is -0.382 e. The molecule has 144 valence electrons. The molecule has 3 aliphatic carbocycles. The van der Waals surface area contributed by atoms with Crippen molar-refractivity contribution >= 4 is 11.7 Å². The third kappa shape index (κ3) is 5.50. The van der Waals surface area contributed by atoms with Gasteiger partial charge in [-0.2, -0.15) is 0 Å². The largest absolute Gasteiger partial charge is 0.382 e. The summed E-state index contributed by atoms with van der Waals surface area (Å²) in [6.45, 7) is 4.51. The highest BCUT2D eigenvalue weighted by Crippen LogP contribution is 2.53. The third-order valence-electron chi connectivity index (χ3n) is 5.84. The fourth-order valence-corrected chi connectivity index (χ4v) is 4.15. The summed E-state index contributed by atoms with van der Waals surface area (Å²) in [4.78, 5) is 24.5. The predicted octanol–water partition coefficient (Wildman–Crippen LogP) is 2.24. The monoisotopic (exact) mass is 355 g/mol. The highest BCUT2D eigenvalue weighted by atomic mass is 16.5. The molecule has 6 nitrogen and oxygen atoms in total. The van der Waals surface area contributed by atoms with E-state index in [1.807, 2.05) is 6.92 Å². The van der Waals surface area contributed by atoms with Crippen LogP contribution in [0.2, 0.25) is 0 Å². The normalized spacial score (nSPS) is 28.1. The number of Topliss-reactive ketones (excluding diaryl/α,β-unsaturated/α-hetero) is 1. The molecule has 0 saturated heterocycles. The number of ketones is 1. The Labute approximate surface area is 151 Å². The molecule has 0 heterocycles. The summed E-state index contributed by atoms with van der Waals surface area (Å²) in [5.41, 5.74) is -0.177. The highest BCUT2D eigenvalue weighted by molar-refractivity contribution is 5.85. The van der Waals surface area contributed by atoms with Gasteiger partial charge < -0.3 is 19.5 Å². The summed E-state index contributed by atoms with van der Waals surface area (Å²) in [5.74, 6) is 0.463. The van der Waals surface area contributed by atoms with Crippen molar-refractivity contribution in [3.63, 3.8) is 0 Å². The lowest BCUT2D eigenvalue weighted by Crippen LogP contribution is -2.58. The van der Waals surface area contributed by atoms with Crippen molar-refractivity contribution in [1.29, 1.82) is 0 Å². The Morgan fingerprint density at radius 2 is 1.44 bits per heavy atom. The minimum atomic E-state index is -0.0901. The van der Waals surface area contributed by atoms with Crippen LogP contribution in [0.4, 0.5) is 0 Å². The number of carbonyl (C=O) groups is 2. The van der Waals surface area contributed by atoms with Crippen molar-refractivity contribution in [3.8, 4) is 0 Å². The number of fused-ring (bicyclic) bond motifs is 3. The maximum absolute atomic E-state index is 12.2. The molecule has 1 amide bonds. The molecule has 0 unspecified atom stereocenters. The number of rotatable bonds is 12. The number of ether oxygens (including phenoxy) is 3. The molecule has 3 saturated carbocycles. The minimum absolute atomic E-state index is 0.0523. The van der Waals surface area contributed by atoms with Crippen LogP contribution >= 0.6 is 0 Å². The fourth-order valence-electron chi connectivity index (χ4n) is 4.15. The first-order valence-corrected chi connectivity index (χ1v) is 9.55.